The second kappa shape index (κ2) is 4.93. The largest absolute Gasteiger partial charge is 0.481 e. The molecule has 0 atom stereocenters. The Labute approximate surface area is 103 Å². The van der Waals surface area contributed by atoms with E-state index in [9.17, 15) is 4.79 Å². The fourth-order valence-corrected chi connectivity index (χ4v) is 1.70. The highest BCUT2D eigenvalue weighted by Gasteiger charge is 2.08. The third kappa shape index (κ3) is 2.79. The van der Waals surface area contributed by atoms with Crippen molar-refractivity contribution in [3.63, 3.8) is 0 Å². The van der Waals surface area contributed by atoms with Gasteiger partial charge in [-0.2, -0.15) is 0 Å². The minimum absolute atomic E-state index is 0.116. The highest BCUT2D eigenvalue weighted by Crippen LogP contribution is 2.27. The summed E-state index contributed by atoms with van der Waals surface area (Å²) in [6, 6.07) is 5.31. The van der Waals surface area contributed by atoms with Gasteiger partial charge in [-0.15, -0.1) is 0 Å². The van der Waals surface area contributed by atoms with Crippen molar-refractivity contribution in [3.8, 4) is 11.1 Å². The summed E-state index contributed by atoms with van der Waals surface area (Å²) in [5.41, 5.74) is 2.13. The lowest BCUT2D eigenvalue weighted by atomic mass is 10.1. The predicted octanol–water partition coefficient (Wildman–Crippen LogP) is 2.42. The molecule has 1 N–H and O–H groups in total. The van der Waals surface area contributed by atoms with Gasteiger partial charge < -0.3 is 5.11 Å². The van der Waals surface area contributed by atoms with Crippen molar-refractivity contribution in [2.75, 3.05) is 0 Å². The maximum absolute atomic E-state index is 10.6. The molecule has 0 bridgehead atoms. The highest BCUT2D eigenvalue weighted by atomic mass is 35.5. The predicted molar refractivity (Wildman–Crippen MR) is 63.8 cm³/mol. The van der Waals surface area contributed by atoms with Crippen LogP contribution in [0.3, 0.4) is 0 Å². The van der Waals surface area contributed by atoms with Gasteiger partial charge >= 0.3 is 5.97 Å². The molecule has 0 saturated carbocycles. The van der Waals surface area contributed by atoms with Crippen LogP contribution in [0.2, 0.25) is 5.02 Å². The smallest absolute Gasteiger partial charge is 0.309 e. The second-order valence-corrected chi connectivity index (χ2v) is 3.87. The number of carboxylic acids is 1. The van der Waals surface area contributed by atoms with Crippen molar-refractivity contribution < 1.29 is 9.90 Å². The van der Waals surface area contributed by atoms with Crippen LogP contribution in [0.15, 0.2) is 36.8 Å². The number of halogens is 1. The number of pyridine rings is 2. The van der Waals surface area contributed by atoms with Crippen LogP contribution in [0.25, 0.3) is 11.1 Å². The Morgan fingerprint density at radius 1 is 1.35 bits per heavy atom. The molecular formula is C12H9ClN2O2. The van der Waals surface area contributed by atoms with Gasteiger partial charge in [0.15, 0.2) is 0 Å². The lowest BCUT2D eigenvalue weighted by Crippen LogP contribution is -2.02. The monoisotopic (exact) mass is 248 g/mol. The average Bonchev–Trinajstić information content (AvgIpc) is 2.32. The molecule has 0 aromatic carbocycles. The van der Waals surface area contributed by atoms with E-state index < -0.39 is 5.97 Å². The number of rotatable bonds is 3. The standard InChI is InChI=1S/C12H9ClN2O2/c13-11-7-15-9(6-12(16)17)5-10(11)8-1-3-14-4-2-8/h1-5,7H,6H2,(H,16,17). The third-order valence-corrected chi connectivity index (χ3v) is 2.54. The zero-order chi connectivity index (χ0) is 12.3. The lowest BCUT2D eigenvalue weighted by molar-refractivity contribution is -0.136. The van der Waals surface area contributed by atoms with E-state index in [0.717, 1.165) is 11.1 Å². The molecule has 2 aromatic heterocycles. The van der Waals surface area contributed by atoms with E-state index in [2.05, 4.69) is 9.97 Å². The molecule has 0 aliphatic heterocycles. The summed E-state index contributed by atoms with van der Waals surface area (Å²) in [5, 5.41) is 9.21. The summed E-state index contributed by atoms with van der Waals surface area (Å²) in [6.07, 6.45) is 4.66. The maximum Gasteiger partial charge on any atom is 0.309 e. The van der Waals surface area contributed by atoms with E-state index in [1.165, 1.54) is 6.20 Å². The summed E-state index contributed by atoms with van der Waals surface area (Å²) < 4.78 is 0. The summed E-state index contributed by atoms with van der Waals surface area (Å²) >= 11 is 6.04. The minimum atomic E-state index is -0.916. The van der Waals surface area contributed by atoms with E-state index in [1.807, 2.05) is 12.1 Å². The summed E-state index contributed by atoms with van der Waals surface area (Å²) in [7, 11) is 0. The van der Waals surface area contributed by atoms with Crippen LogP contribution in [-0.2, 0) is 11.2 Å². The Bertz CT molecular complexity index is 543. The van der Waals surface area contributed by atoms with Gasteiger partial charge in [0.25, 0.3) is 0 Å². The molecule has 0 amide bonds. The SMILES string of the molecule is O=C(O)Cc1cc(-c2ccncc2)c(Cl)cn1. The quantitative estimate of drug-likeness (QED) is 0.906. The van der Waals surface area contributed by atoms with Gasteiger partial charge in [0.2, 0.25) is 0 Å². The maximum atomic E-state index is 10.6. The minimum Gasteiger partial charge on any atom is -0.481 e. The first-order chi connectivity index (χ1) is 8.16. The van der Waals surface area contributed by atoms with Crippen LogP contribution in [0.4, 0.5) is 0 Å². The molecule has 17 heavy (non-hydrogen) atoms. The normalized spacial score (nSPS) is 10.2. The Morgan fingerprint density at radius 3 is 2.71 bits per heavy atom. The molecule has 0 aliphatic carbocycles. The molecule has 0 spiro atoms. The van der Waals surface area contributed by atoms with E-state index in [0.29, 0.717) is 10.7 Å². The van der Waals surface area contributed by atoms with E-state index in [4.69, 9.17) is 16.7 Å². The van der Waals surface area contributed by atoms with Gasteiger partial charge in [-0.25, -0.2) is 0 Å². The molecule has 2 aromatic rings. The Hall–Kier alpha value is -1.94. The number of hydrogen-bond acceptors (Lipinski definition) is 3. The fraction of sp³-hybridized carbons (Fsp3) is 0.0833. The Kier molecular flexibility index (Phi) is 3.35. The highest BCUT2D eigenvalue weighted by molar-refractivity contribution is 6.33. The van der Waals surface area contributed by atoms with Crippen LogP contribution < -0.4 is 0 Å². The zero-order valence-corrected chi connectivity index (χ0v) is 9.55. The van der Waals surface area contributed by atoms with Crippen molar-refractivity contribution in [2.45, 2.75) is 6.42 Å². The molecule has 2 rings (SSSR count). The first-order valence-corrected chi connectivity index (χ1v) is 5.31. The van der Waals surface area contributed by atoms with Crippen molar-refractivity contribution >= 4 is 17.6 Å². The van der Waals surface area contributed by atoms with Crippen molar-refractivity contribution in [3.05, 3.63) is 47.5 Å². The fourth-order valence-electron chi connectivity index (χ4n) is 1.49. The van der Waals surface area contributed by atoms with Gasteiger partial charge in [-0.05, 0) is 23.8 Å². The van der Waals surface area contributed by atoms with Gasteiger partial charge in [-0.1, -0.05) is 11.6 Å². The van der Waals surface area contributed by atoms with Crippen molar-refractivity contribution in [2.24, 2.45) is 0 Å². The van der Waals surface area contributed by atoms with Gasteiger partial charge in [0.05, 0.1) is 17.1 Å². The lowest BCUT2D eigenvalue weighted by Gasteiger charge is -2.05. The molecule has 0 unspecified atom stereocenters. The van der Waals surface area contributed by atoms with Crippen molar-refractivity contribution in [1.82, 2.24) is 9.97 Å². The molecule has 4 nitrogen and oxygen atoms in total. The number of aromatic nitrogens is 2. The van der Waals surface area contributed by atoms with Crippen LogP contribution in [0.1, 0.15) is 5.69 Å². The van der Waals surface area contributed by atoms with Gasteiger partial charge in [0, 0.05) is 24.2 Å². The molecule has 0 fully saturated rings. The zero-order valence-electron chi connectivity index (χ0n) is 8.80. The summed E-state index contributed by atoms with van der Waals surface area (Å²) in [5.74, 6) is -0.916. The molecule has 2 heterocycles. The topological polar surface area (TPSA) is 63.1 Å². The molecule has 0 aliphatic rings. The van der Waals surface area contributed by atoms with Crippen LogP contribution >= 0.6 is 11.6 Å². The number of aliphatic carboxylic acids is 1. The van der Waals surface area contributed by atoms with E-state index in [1.54, 1.807) is 18.5 Å². The number of carboxylic acid groups (broad SMARTS) is 1. The van der Waals surface area contributed by atoms with Crippen LogP contribution in [0.5, 0.6) is 0 Å². The average molecular weight is 249 g/mol. The Morgan fingerprint density at radius 2 is 2.06 bits per heavy atom. The summed E-state index contributed by atoms with van der Waals surface area (Å²) in [4.78, 5) is 18.5. The van der Waals surface area contributed by atoms with Crippen LogP contribution in [-0.4, -0.2) is 21.0 Å². The van der Waals surface area contributed by atoms with Gasteiger partial charge in [-0.3, -0.25) is 14.8 Å². The molecule has 5 heteroatoms. The van der Waals surface area contributed by atoms with Crippen molar-refractivity contribution in [1.29, 1.82) is 0 Å². The number of carbonyl (C=O) groups is 1. The molecular weight excluding hydrogens is 240 g/mol. The first kappa shape index (κ1) is 11.5. The first-order valence-electron chi connectivity index (χ1n) is 4.93. The van der Waals surface area contributed by atoms with Crippen LogP contribution in [0, 0.1) is 0 Å². The molecule has 0 radical (unpaired) electrons. The van der Waals surface area contributed by atoms with E-state index >= 15 is 0 Å². The summed E-state index contributed by atoms with van der Waals surface area (Å²) in [6.45, 7) is 0. The second-order valence-electron chi connectivity index (χ2n) is 3.46. The molecule has 0 saturated heterocycles. The molecule has 86 valence electrons. The number of hydrogen-bond donors (Lipinski definition) is 1. The van der Waals surface area contributed by atoms with Gasteiger partial charge in [0.1, 0.15) is 0 Å². The Balaban J connectivity index is 2.43. The third-order valence-electron chi connectivity index (χ3n) is 2.24. The van der Waals surface area contributed by atoms with E-state index in [-0.39, 0.29) is 6.42 Å². The number of nitrogens with zero attached hydrogens (tertiary/aromatic N) is 2.